The first-order valence-corrected chi connectivity index (χ1v) is 2.68. The summed E-state index contributed by atoms with van der Waals surface area (Å²) in [5.74, 6) is 5.41. The lowest BCUT2D eigenvalue weighted by Crippen LogP contribution is -2.24. The summed E-state index contributed by atoms with van der Waals surface area (Å²) in [6, 6.07) is 0. The minimum absolute atomic E-state index is 1.13. The summed E-state index contributed by atoms with van der Waals surface area (Å²) in [6.07, 6.45) is 0. The molecule has 0 rings (SSSR count). The van der Waals surface area contributed by atoms with Gasteiger partial charge in [-0.2, -0.15) is 0 Å². The highest BCUT2D eigenvalue weighted by molar-refractivity contribution is 5.03. The average Bonchev–Trinajstić information content (AvgIpc) is 1.64. The number of nitrogens with two attached hydrogens (primary N) is 1. The topological polar surface area (TPSA) is 29.3 Å². The van der Waals surface area contributed by atoms with Gasteiger partial charge in [0.2, 0.25) is 0 Å². The van der Waals surface area contributed by atoms with Gasteiger partial charge in [0.1, 0.15) is 0 Å². The van der Waals surface area contributed by atoms with Crippen molar-refractivity contribution in [3.63, 3.8) is 0 Å². The summed E-state index contributed by atoms with van der Waals surface area (Å²) in [4.78, 5) is 0. The van der Waals surface area contributed by atoms with Gasteiger partial charge in [-0.3, -0.25) is 0 Å². The molecule has 0 aliphatic heterocycles. The van der Waals surface area contributed by atoms with Crippen LogP contribution in [0.1, 0.15) is 20.8 Å². The van der Waals surface area contributed by atoms with Crippen molar-refractivity contribution in [2.75, 3.05) is 7.05 Å². The smallest absolute Gasteiger partial charge is 0.0243 e. The van der Waals surface area contributed by atoms with Crippen LogP contribution in [0.4, 0.5) is 0 Å². The minimum Gasteiger partial charge on any atom is -0.319 e. The molecule has 2 heteroatoms. The Morgan fingerprint density at radius 2 is 1.62 bits per heavy atom. The molecular weight excluding hydrogens is 100 g/mol. The Kier molecular flexibility index (Phi) is 2.55. The maximum Gasteiger partial charge on any atom is 0.0243 e. The molecule has 2 N–H and O–H groups in total. The third-order valence-electron chi connectivity index (χ3n) is 1.25. The number of hydrazine groups is 1. The molecule has 0 radical (unpaired) electrons. The van der Waals surface area contributed by atoms with Crippen LogP contribution in [0.3, 0.4) is 0 Å². The van der Waals surface area contributed by atoms with Crippen LogP contribution in [0.15, 0.2) is 11.3 Å². The van der Waals surface area contributed by atoms with E-state index in [1.54, 1.807) is 5.01 Å². The number of rotatable bonds is 1. The highest BCUT2D eigenvalue weighted by Gasteiger charge is 1.90. The molecule has 8 heavy (non-hydrogen) atoms. The van der Waals surface area contributed by atoms with Crippen LogP contribution in [0.2, 0.25) is 0 Å². The highest BCUT2D eigenvalue weighted by Crippen LogP contribution is 2.00. The largest absolute Gasteiger partial charge is 0.319 e. The zero-order valence-electron chi connectivity index (χ0n) is 6.02. The molecule has 2 nitrogen and oxygen atoms in total. The molecule has 0 amide bonds. The molecule has 0 bridgehead atoms. The summed E-state index contributed by atoms with van der Waals surface area (Å²) in [5.41, 5.74) is 2.39. The Hall–Kier alpha value is -0.500. The summed E-state index contributed by atoms with van der Waals surface area (Å²) >= 11 is 0. The van der Waals surface area contributed by atoms with E-state index in [1.165, 1.54) is 5.57 Å². The van der Waals surface area contributed by atoms with Gasteiger partial charge in [0.05, 0.1) is 0 Å². The average molecular weight is 114 g/mol. The first kappa shape index (κ1) is 7.50. The third-order valence-corrected chi connectivity index (χ3v) is 1.25. The Balaban J connectivity index is 4.00. The maximum absolute atomic E-state index is 5.41. The van der Waals surface area contributed by atoms with Gasteiger partial charge in [0.15, 0.2) is 0 Å². The van der Waals surface area contributed by atoms with Gasteiger partial charge in [-0.1, -0.05) is 5.57 Å². The fourth-order valence-corrected chi connectivity index (χ4v) is 0.353. The number of hydrogen-bond acceptors (Lipinski definition) is 2. The fourth-order valence-electron chi connectivity index (χ4n) is 0.353. The molecule has 0 aliphatic carbocycles. The Labute approximate surface area is 50.9 Å². The van der Waals surface area contributed by atoms with E-state index in [2.05, 4.69) is 0 Å². The van der Waals surface area contributed by atoms with Crippen molar-refractivity contribution in [3.05, 3.63) is 11.3 Å². The molecule has 0 atom stereocenters. The molecule has 48 valence electrons. The van der Waals surface area contributed by atoms with Gasteiger partial charge in [0.25, 0.3) is 0 Å². The Morgan fingerprint density at radius 3 is 1.62 bits per heavy atom. The van der Waals surface area contributed by atoms with E-state index in [1.807, 2.05) is 27.8 Å². The summed E-state index contributed by atoms with van der Waals surface area (Å²) in [5, 5.41) is 1.62. The van der Waals surface area contributed by atoms with Crippen LogP contribution in [0.5, 0.6) is 0 Å². The molecule has 0 aliphatic rings. The standard InChI is InChI=1S/C6H14N2/c1-5(2)6(3)8(4)7/h7H2,1-4H3. The Morgan fingerprint density at radius 1 is 1.25 bits per heavy atom. The van der Waals surface area contributed by atoms with Crippen LogP contribution in [-0.2, 0) is 0 Å². The van der Waals surface area contributed by atoms with E-state index in [4.69, 9.17) is 5.84 Å². The second kappa shape index (κ2) is 2.72. The van der Waals surface area contributed by atoms with Crippen molar-refractivity contribution in [3.8, 4) is 0 Å². The minimum atomic E-state index is 1.13. The second-order valence-electron chi connectivity index (χ2n) is 2.20. The van der Waals surface area contributed by atoms with Gasteiger partial charge < -0.3 is 5.01 Å². The zero-order valence-corrected chi connectivity index (χ0v) is 6.02. The predicted molar refractivity (Wildman–Crippen MR) is 36.0 cm³/mol. The van der Waals surface area contributed by atoms with Crippen molar-refractivity contribution in [2.45, 2.75) is 20.8 Å². The molecule has 0 fully saturated rings. The third kappa shape index (κ3) is 1.98. The van der Waals surface area contributed by atoms with Crippen molar-refractivity contribution in [2.24, 2.45) is 5.84 Å². The van der Waals surface area contributed by atoms with Crippen LogP contribution in [0, 0.1) is 0 Å². The van der Waals surface area contributed by atoms with Crippen LogP contribution < -0.4 is 5.84 Å². The first-order chi connectivity index (χ1) is 3.55. The van der Waals surface area contributed by atoms with E-state index in [9.17, 15) is 0 Å². The van der Waals surface area contributed by atoms with Crippen LogP contribution in [-0.4, -0.2) is 12.1 Å². The molecule has 0 saturated carbocycles. The molecule has 0 aromatic rings. The van der Waals surface area contributed by atoms with E-state index in [-0.39, 0.29) is 0 Å². The van der Waals surface area contributed by atoms with Gasteiger partial charge in [0, 0.05) is 12.7 Å². The lowest BCUT2D eigenvalue weighted by atomic mass is 10.3. The van der Waals surface area contributed by atoms with Gasteiger partial charge in [-0.05, 0) is 20.8 Å². The molecule has 0 spiro atoms. The summed E-state index contributed by atoms with van der Waals surface area (Å²) in [7, 11) is 1.84. The predicted octanol–water partition coefficient (Wildman–Crippen LogP) is 1.11. The lowest BCUT2D eigenvalue weighted by Gasteiger charge is -2.13. The molecule has 0 aromatic heterocycles. The number of hydrogen-bond donors (Lipinski definition) is 1. The van der Waals surface area contributed by atoms with Crippen molar-refractivity contribution in [1.29, 1.82) is 0 Å². The van der Waals surface area contributed by atoms with Crippen LogP contribution >= 0.6 is 0 Å². The zero-order chi connectivity index (χ0) is 6.73. The normalized spacial score (nSPS) is 8.62. The summed E-state index contributed by atoms with van der Waals surface area (Å²) in [6.45, 7) is 6.08. The number of nitrogens with zero attached hydrogens (tertiary/aromatic N) is 1. The lowest BCUT2D eigenvalue weighted by molar-refractivity contribution is 0.436. The number of allylic oxidation sites excluding steroid dienone is 2. The fraction of sp³-hybridized carbons (Fsp3) is 0.667. The quantitative estimate of drug-likeness (QED) is 0.408. The van der Waals surface area contributed by atoms with E-state index in [0.717, 1.165) is 5.70 Å². The Bertz CT molecular complexity index is 99.1. The molecule has 0 heterocycles. The molecular formula is C6H14N2. The monoisotopic (exact) mass is 114 g/mol. The van der Waals surface area contributed by atoms with E-state index < -0.39 is 0 Å². The van der Waals surface area contributed by atoms with Gasteiger partial charge >= 0.3 is 0 Å². The molecule has 0 aromatic carbocycles. The second-order valence-corrected chi connectivity index (χ2v) is 2.20. The SMILES string of the molecule is CC(C)=C(C)N(C)N. The summed E-state index contributed by atoms with van der Waals surface area (Å²) < 4.78 is 0. The van der Waals surface area contributed by atoms with Crippen molar-refractivity contribution >= 4 is 0 Å². The highest BCUT2D eigenvalue weighted by atomic mass is 15.4. The van der Waals surface area contributed by atoms with Crippen molar-refractivity contribution in [1.82, 2.24) is 5.01 Å². The molecule has 0 unspecified atom stereocenters. The van der Waals surface area contributed by atoms with Gasteiger partial charge in [-0.15, -0.1) is 0 Å². The first-order valence-electron chi connectivity index (χ1n) is 2.68. The van der Waals surface area contributed by atoms with Gasteiger partial charge in [-0.25, -0.2) is 5.84 Å². The van der Waals surface area contributed by atoms with E-state index in [0.29, 0.717) is 0 Å². The van der Waals surface area contributed by atoms with E-state index >= 15 is 0 Å². The van der Waals surface area contributed by atoms with Crippen molar-refractivity contribution < 1.29 is 0 Å². The maximum atomic E-state index is 5.41. The van der Waals surface area contributed by atoms with Crippen LogP contribution in [0.25, 0.3) is 0 Å². The molecule has 0 saturated heterocycles.